The molecule has 0 N–H and O–H groups in total. The van der Waals surface area contributed by atoms with E-state index in [4.69, 9.17) is 0 Å². The van der Waals surface area contributed by atoms with Gasteiger partial charge >= 0.3 is 0 Å². The van der Waals surface area contributed by atoms with Gasteiger partial charge in [0.15, 0.2) is 0 Å². The molecule has 0 amide bonds. The Morgan fingerprint density at radius 3 is 1.43 bits per heavy atom. The summed E-state index contributed by atoms with van der Waals surface area (Å²) < 4.78 is 0. The highest BCUT2D eigenvalue weighted by molar-refractivity contribution is 6.89. The minimum atomic E-state index is -1.30. The first-order valence-corrected chi connectivity index (χ1v) is 9.09. The highest BCUT2D eigenvalue weighted by atomic mass is 28.3. The second kappa shape index (κ2) is 6.87. The van der Waals surface area contributed by atoms with Crippen molar-refractivity contribution >= 4 is 25.2 Å². The molecule has 3 aromatic rings. The zero-order valence-electron chi connectivity index (χ0n) is 11.9. The van der Waals surface area contributed by atoms with Crippen LogP contribution in [0.2, 0.25) is 0 Å². The van der Waals surface area contributed by atoms with Crippen molar-refractivity contribution in [1.82, 2.24) is 0 Å². The minimum absolute atomic E-state index is 1.27. The number of benzene rings is 3. The molecule has 0 aliphatic rings. The van der Waals surface area contributed by atoms with Crippen LogP contribution in [0.4, 0.5) is 0 Å². The first-order valence-electron chi connectivity index (χ1n) is 7.26. The van der Waals surface area contributed by atoms with Gasteiger partial charge in [-0.1, -0.05) is 113 Å². The van der Waals surface area contributed by atoms with Gasteiger partial charge in [-0.15, -0.1) is 0 Å². The molecule has 0 radical (unpaired) electrons. The fraction of sp³-hybridized carbons (Fsp3) is 0. The van der Waals surface area contributed by atoms with Crippen LogP contribution in [0.15, 0.2) is 96.7 Å². The summed E-state index contributed by atoms with van der Waals surface area (Å²) in [5.41, 5.74) is 3.68. The van der Waals surface area contributed by atoms with Crippen LogP contribution in [-0.4, -0.2) is 8.80 Å². The van der Waals surface area contributed by atoms with Gasteiger partial charge in [-0.2, -0.15) is 0 Å². The lowest BCUT2D eigenvalue weighted by molar-refractivity contribution is 1.66. The monoisotopic (exact) mass is 286 g/mol. The lowest BCUT2D eigenvalue weighted by Gasteiger charge is -2.12. The molecular weight excluding hydrogens is 268 g/mol. The molecule has 0 spiro atoms. The van der Waals surface area contributed by atoms with Crippen LogP contribution >= 0.6 is 0 Å². The van der Waals surface area contributed by atoms with Gasteiger partial charge in [0.2, 0.25) is 0 Å². The summed E-state index contributed by atoms with van der Waals surface area (Å²) in [6.07, 6.45) is 2.26. The molecule has 0 fully saturated rings. The molecule has 1 heteroatoms. The molecular formula is C20H18Si. The maximum absolute atomic E-state index is 2.42. The van der Waals surface area contributed by atoms with Crippen molar-refractivity contribution in [2.24, 2.45) is 0 Å². The number of hydrogen-bond acceptors (Lipinski definition) is 0. The van der Waals surface area contributed by atoms with Gasteiger partial charge in [0, 0.05) is 0 Å². The van der Waals surface area contributed by atoms with Gasteiger partial charge in [0.1, 0.15) is 8.80 Å². The normalized spacial score (nSPS) is 11.1. The quantitative estimate of drug-likeness (QED) is 0.646. The first-order chi connectivity index (χ1) is 10.4. The van der Waals surface area contributed by atoms with Crippen LogP contribution in [0, 0.1) is 0 Å². The van der Waals surface area contributed by atoms with Gasteiger partial charge < -0.3 is 0 Å². The molecule has 0 atom stereocenters. The zero-order chi connectivity index (χ0) is 14.3. The van der Waals surface area contributed by atoms with E-state index in [9.17, 15) is 0 Å². The van der Waals surface area contributed by atoms with Crippen molar-refractivity contribution in [1.29, 1.82) is 0 Å². The molecule has 21 heavy (non-hydrogen) atoms. The number of hydrogen-bond donors (Lipinski definition) is 0. The SMILES string of the molecule is C(=C\[SiH](c1ccccc1)c1ccccc1)/c1ccccc1. The molecule has 0 aromatic heterocycles. The second-order valence-electron chi connectivity index (χ2n) is 5.07. The van der Waals surface area contributed by atoms with Gasteiger partial charge in [-0.05, 0) is 5.56 Å². The minimum Gasteiger partial charge on any atom is -0.0883 e. The third-order valence-corrected chi connectivity index (χ3v) is 6.38. The van der Waals surface area contributed by atoms with E-state index < -0.39 is 8.80 Å². The van der Waals surface area contributed by atoms with Crippen LogP contribution in [0.5, 0.6) is 0 Å². The van der Waals surface area contributed by atoms with Crippen LogP contribution in [-0.2, 0) is 0 Å². The smallest absolute Gasteiger partial charge is 0.0883 e. The summed E-state index contributed by atoms with van der Waals surface area (Å²) in [4.78, 5) is 0. The topological polar surface area (TPSA) is 0 Å². The fourth-order valence-corrected chi connectivity index (χ4v) is 5.02. The molecule has 102 valence electrons. The lowest BCUT2D eigenvalue weighted by Crippen LogP contribution is -2.40. The van der Waals surface area contributed by atoms with Crippen molar-refractivity contribution in [2.75, 3.05) is 0 Å². The Bertz CT molecular complexity index is 648. The Hall–Kier alpha value is -2.38. The maximum atomic E-state index is 2.42. The van der Waals surface area contributed by atoms with Crippen LogP contribution < -0.4 is 10.4 Å². The largest absolute Gasteiger partial charge is 0.125 e. The average molecular weight is 286 g/mol. The molecule has 0 unspecified atom stereocenters. The van der Waals surface area contributed by atoms with Gasteiger partial charge in [-0.25, -0.2) is 0 Å². The van der Waals surface area contributed by atoms with E-state index in [1.54, 1.807) is 0 Å². The van der Waals surface area contributed by atoms with Gasteiger partial charge in [-0.3, -0.25) is 0 Å². The third kappa shape index (κ3) is 3.59. The fourth-order valence-electron chi connectivity index (χ4n) is 2.51. The molecule has 0 aliphatic heterocycles. The second-order valence-corrected chi connectivity index (χ2v) is 7.74. The van der Waals surface area contributed by atoms with Crippen LogP contribution in [0.1, 0.15) is 5.56 Å². The Balaban J connectivity index is 1.96. The average Bonchev–Trinajstić information content (AvgIpc) is 2.58. The number of rotatable bonds is 4. The molecule has 0 saturated carbocycles. The lowest BCUT2D eigenvalue weighted by atomic mass is 10.2. The Morgan fingerprint density at radius 1 is 0.524 bits per heavy atom. The molecule has 3 rings (SSSR count). The molecule has 0 aliphatic carbocycles. The third-order valence-electron chi connectivity index (χ3n) is 3.60. The van der Waals surface area contributed by atoms with Crippen molar-refractivity contribution in [3.63, 3.8) is 0 Å². The van der Waals surface area contributed by atoms with E-state index in [1.165, 1.54) is 15.9 Å². The first kappa shape index (κ1) is 13.6. The van der Waals surface area contributed by atoms with E-state index in [2.05, 4.69) is 103 Å². The van der Waals surface area contributed by atoms with Crippen molar-refractivity contribution < 1.29 is 0 Å². The summed E-state index contributed by atoms with van der Waals surface area (Å²) in [5.74, 6) is 0. The van der Waals surface area contributed by atoms with Gasteiger partial charge in [0.05, 0.1) is 0 Å². The summed E-state index contributed by atoms with van der Waals surface area (Å²) in [7, 11) is -1.30. The Labute approximate surface area is 128 Å². The Kier molecular flexibility index (Phi) is 4.44. The van der Waals surface area contributed by atoms with Crippen LogP contribution in [0.3, 0.4) is 0 Å². The molecule has 0 nitrogen and oxygen atoms in total. The van der Waals surface area contributed by atoms with E-state index >= 15 is 0 Å². The zero-order valence-corrected chi connectivity index (χ0v) is 13.0. The molecule has 0 heterocycles. The summed E-state index contributed by atoms with van der Waals surface area (Å²) in [6, 6.07) is 32.2. The molecule has 3 aromatic carbocycles. The Morgan fingerprint density at radius 2 is 0.952 bits per heavy atom. The predicted octanol–water partition coefficient (Wildman–Crippen LogP) is 3.28. The summed E-state index contributed by atoms with van der Waals surface area (Å²) >= 11 is 0. The predicted molar refractivity (Wildman–Crippen MR) is 94.8 cm³/mol. The van der Waals surface area contributed by atoms with Gasteiger partial charge in [0.25, 0.3) is 0 Å². The highest BCUT2D eigenvalue weighted by Crippen LogP contribution is 2.03. The van der Waals surface area contributed by atoms with Crippen LogP contribution in [0.25, 0.3) is 6.08 Å². The van der Waals surface area contributed by atoms with Crippen molar-refractivity contribution in [3.05, 3.63) is 102 Å². The summed E-state index contributed by atoms with van der Waals surface area (Å²) in [5, 5.41) is 2.91. The standard InChI is InChI=1S/C20H18Si/c1-4-10-18(11-5-1)16-17-21(19-12-6-2-7-13-19)20-14-8-3-9-15-20/h1-17,21H/b17-16+. The molecule has 0 saturated heterocycles. The van der Waals surface area contributed by atoms with Crippen molar-refractivity contribution in [3.8, 4) is 0 Å². The van der Waals surface area contributed by atoms with Crippen molar-refractivity contribution in [2.45, 2.75) is 0 Å². The van der Waals surface area contributed by atoms with E-state index in [-0.39, 0.29) is 0 Å². The maximum Gasteiger partial charge on any atom is 0.125 e. The molecule has 0 bridgehead atoms. The highest BCUT2D eigenvalue weighted by Gasteiger charge is 2.11. The van der Waals surface area contributed by atoms with E-state index in [1.807, 2.05) is 0 Å². The van der Waals surface area contributed by atoms with E-state index in [0.29, 0.717) is 0 Å². The summed E-state index contributed by atoms with van der Waals surface area (Å²) in [6.45, 7) is 0. The van der Waals surface area contributed by atoms with E-state index in [0.717, 1.165) is 0 Å².